The molecule has 0 amide bonds. The Morgan fingerprint density at radius 2 is 1.95 bits per heavy atom. The zero-order valence-corrected chi connectivity index (χ0v) is 12.7. The van der Waals surface area contributed by atoms with E-state index < -0.39 is 5.41 Å². The number of carbonyl (C=O) groups excluding carboxylic acids is 1. The highest BCUT2D eigenvalue weighted by Gasteiger charge is 2.31. The molecule has 0 fully saturated rings. The summed E-state index contributed by atoms with van der Waals surface area (Å²) in [7, 11) is 1.43. The Labute approximate surface area is 121 Å². The standard InChI is InChI=1S/C17H25NO2/c1-17(2,16(19)20-3)11-15(18)14-9-8-12-6-4-5-7-13(12)10-14/h8-10,15H,4-7,11,18H2,1-3H3. The average Bonchev–Trinajstić information content (AvgIpc) is 2.45. The molecule has 1 aliphatic rings. The zero-order valence-electron chi connectivity index (χ0n) is 12.7. The smallest absolute Gasteiger partial charge is 0.311 e. The highest BCUT2D eigenvalue weighted by molar-refractivity contribution is 5.75. The van der Waals surface area contributed by atoms with Gasteiger partial charge in [-0.05, 0) is 62.6 Å². The van der Waals surface area contributed by atoms with Crippen LogP contribution in [0.1, 0.15) is 55.8 Å². The number of nitrogens with two attached hydrogens (primary N) is 1. The Morgan fingerprint density at radius 1 is 1.30 bits per heavy atom. The first-order valence-corrected chi connectivity index (χ1v) is 7.40. The molecule has 1 aliphatic carbocycles. The molecule has 0 radical (unpaired) electrons. The lowest BCUT2D eigenvalue weighted by atomic mass is 9.82. The SMILES string of the molecule is COC(=O)C(C)(C)CC(N)c1ccc2c(c1)CCCC2. The maximum atomic E-state index is 11.8. The number of methoxy groups -OCH3 is 1. The molecule has 1 atom stereocenters. The van der Waals surface area contributed by atoms with Gasteiger partial charge in [-0.25, -0.2) is 0 Å². The number of rotatable bonds is 4. The van der Waals surface area contributed by atoms with Crippen LogP contribution in [0, 0.1) is 5.41 Å². The van der Waals surface area contributed by atoms with E-state index >= 15 is 0 Å². The summed E-state index contributed by atoms with van der Waals surface area (Å²) in [5.41, 5.74) is 9.76. The van der Waals surface area contributed by atoms with E-state index in [1.165, 1.54) is 37.5 Å². The second kappa shape index (κ2) is 5.96. The molecule has 0 bridgehead atoms. The molecule has 3 heteroatoms. The van der Waals surface area contributed by atoms with E-state index in [9.17, 15) is 4.79 Å². The van der Waals surface area contributed by atoms with Crippen LogP contribution in [0.2, 0.25) is 0 Å². The number of hydrogen-bond acceptors (Lipinski definition) is 3. The predicted octanol–water partition coefficient (Wildman–Crippen LogP) is 3.15. The maximum Gasteiger partial charge on any atom is 0.311 e. The van der Waals surface area contributed by atoms with Gasteiger partial charge in [0.05, 0.1) is 12.5 Å². The Hall–Kier alpha value is -1.35. The summed E-state index contributed by atoms with van der Waals surface area (Å²) in [6.45, 7) is 3.77. The molecule has 0 aliphatic heterocycles. The van der Waals surface area contributed by atoms with Gasteiger partial charge in [-0.15, -0.1) is 0 Å². The number of ether oxygens (including phenoxy) is 1. The number of hydrogen-bond donors (Lipinski definition) is 1. The Bertz CT molecular complexity index is 494. The summed E-state index contributed by atoms with van der Waals surface area (Å²) >= 11 is 0. The van der Waals surface area contributed by atoms with Crippen LogP contribution in [0.3, 0.4) is 0 Å². The van der Waals surface area contributed by atoms with Crippen LogP contribution >= 0.6 is 0 Å². The molecule has 0 heterocycles. The fourth-order valence-electron chi connectivity index (χ4n) is 3.01. The quantitative estimate of drug-likeness (QED) is 0.859. The van der Waals surface area contributed by atoms with Gasteiger partial charge in [0.2, 0.25) is 0 Å². The van der Waals surface area contributed by atoms with Gasteiger partial charge in [-0.3, -0.25) is 4.79 Å². The molecule has 2 rings (SSSR count). The average molecular weight is 275 g/mol. The highest BCUT2D eigenvalue weighted by atomic mass is 16.5. The van der Waals surface area contributed by atoms with E-state index in [1.807, 2.05) is 13.8 Å². The van der Waals surface area contributed by atoms with Crippen molar-refractivity contribution < 1.29 is 9.53 Å². The van der Waals surface area contributed by atoms with Gasteiger partial charge in [-0.1, -0.05) is 18.2 Å². The Kier molecular flexibility index (Phi) is 4.48. The molecule has 110 valence electrons. The van der Waals surface area contributed by atoms with Gasteiger partial charge in [-0.2, -0.15) is 0 Å². The van der Waals surface area contributed by atoms with Crippen LogP contribution in [0.25, 0.3) is 0 Å². The summed E-state index contributed by atoms with van der Waals surface area (Å²) < 4.78 is 4.85. The maximum absolute atomic E-state index is 11.8. The minimum Gasteiger partial charge on any atom is -0.469 e. The van der Waals surface area contributed by atoms with Gasteiger partial charge < -0.3 is 10.5 Å². The normalized spacial score (nSPS) is 16.4. The second-order valence-corrected chi connectivity index (χ2v) is 6.42. The monoisotopic (exact) mass is 275 g/mol. The van der Waals surface area contributed by atoms with Crippen molar-refractivity contribution in [1.29, 1.82) is 0 Å². The predicted molar refractivity (Wildman–Crippen MR) is 80.4 cm³/mol. The van der Waals surface area contributed by atoms with E-state index in [1.54, 1.807) is 0 Å². The first-order chi connectivity index (χ1) is 9.44. The van der Waals surface area contributed by atoms with Crippen LogP contribution in [0.4, 0.5) is 0 Å². The summed E-state index contributed by atoms with van der Waals surface area (Å²) in [6.07, 6.45) is 5.47. The fourth-order valence-corrected chi connectivity index (χ4v) is 3.01. The van der Waals surface area contributed by atoms with Gasteiger partial charge in [0.25, 0.3) is 0 Å². The number of esters is 1. The minimum atomic E-state index is -0.552. The number of carbonyl (C=O) groups is 1. The third kappa shape index (κ3) is 3.21. The number of fused-ring (bicyclic) bond motifs is 1. The molecule has 3 nitrogen and oxygen atoms in total. The molecule has 0 aromatic heterocycles. The minimum absolute atomic E-state index is 0.128. The molecule has 2 N–H and O–H groups in total. The van der Waals surface area contributed by atoms with Crippen molar-refractivity contribution in [3.63, 3.8) is 0 Å². The topological polar surface area (TPSA) is 52.3 Å². The summed E-state index contributed by atoms with van der Waals surface area (Å²) in [6, 6.07) is 6.42. The van der Waals surface area contributed by atoms with E-state index in [0.29, 0.717) is 6.42 Å². The third-order valence-electron chi connectivity index (χ3n) is 4.27. The van der Waals surface area contributed by atoms with Gasteiger partial charge in [0.1, 0.15) is 0 Å². The van der Waals surface area contributed by atoms with E-state index in [-0.39, 0.29) is 12.0 Å². The molecular weight excluding hydrogens is 250 g/mol. The lowest BCUT2D eigenvalue weighted by molar-refractivity contribution is -0.151. The van der Waals surface area contributed by atoms with Gasteiger partial charge in [0, 0.05) is 6.04 Å². The van der Waals surface area contributed by atoms with E-state index in [2.05, 4.69) is 18.2 Å². The Balaban J connectivity index is 2.13. The lowest BCUT2D eigenvalue weighted by Crippen LogP contribution is -2.30. The van der Waals surface area contributed by atoms with Crippen molar-refractivity contribution in [3.05, 3.63) is 34.9 Å². The van der Waals surface area contributed by atoms with Crippen molar-refractivity contribution in [2.24, 2.45) is 11.1 Å². The molecule has 20 heavy (non-hydrogen) atoms. The van der Waals surface area contributed by atoms with Crippen LogP contribution in [0.5, 0.6) is 0 Å². The summed E-state index contributed by atoms with van der Waals surface area (Å²) in [5.74, 6) is -0.203. The Morgan fingerprint density at radius 3 is 2.60 bits per heavy atom. The molecule has 1 aromatic rings. The number of benzene rings is 1. The molecule has 0 saturated heterocycles. The van der Waals surface area contributed by atoms with Crippen molar-refractivity contribution >= 4 is 5.97 Å². The largest absolute Gasteiger partial charge is 0.469 e. The van der Waals surface area contributed by atoms with Gasteiger partial charge in [0.15, 0.2) is 0 Å². The molecular formula is C17H25NO2. The van der Waals surface area contributed by atoms with Crippen LogP contribution < -0.4 is 5.73 Å². The van der Waals surface area contributed by atoms with Gasteiger partial charge >= 0.3 is 5.97 Å². The number of aryl methyl sites for hydroxylation is 2. The highest BCUT2D eigenvalue weighted by Crippen LogP contribution is 2.31. The van der Waals surface area contributed by atoms with E-state index in [0.717, 1.165) is 12.0 Å². The summed E-state index contributed by atoms with van der Waals surface area (Å²) in [5, 5.41) is 0. The summed E-state index contributed by atoms with van der Waals surface area (Å²) in [4.78, 5) is 11.8. The van der Waals surface area contributed by atoms with Crippen molar-refractivity contribution in [1.82, 2.24) is 0 Å². The molecule has 1 aromatic carbocycles. The van der Waals surface area contributed by atoms with Crippen LogP contribution in [-0.4, -0.2) is 13.1 Å². The fraction of sp³-hybridized carbons (Fsp3) is 0.588. The third-order valence-corrected chi connectivity index (χ3v) is 4.27. The lowest BCUT2D eigenvalue weighted by Gasteiger charge is -2.26. The molecule has 1 unspecified atom stereocenters. The molecule has 0 saturated carbocycles. The van der Waals surface area contributed by atoms with Crippen molar-refractivity contribution in [3.8, 4) is 0 Å². The second-order valence-electron chi connectivity index (χ2n) is 6.42. The molecule has 0 spiro atoms. The van der Waals surface area contributed by atoms with Crippen LogP contribution in [-0.2, 0) is 22.4 Å². The van der Waals surface area contributed by atoms with Crippen LogP contribution in [0.15, 0.2) is 18.2 Å². The first-order valence-electron chi connectivity index (χ1n) is 7.40. The first kappa shape index (κ1) is 15.0. The van der Waals surface area contributed by atoms with Crippen molar-refractivity contribution in [2.45, 2.75) is 52.0 Å². The van der Waals surface area contributed by atoms with E-state index in [4.69, 9.17) is 10.5 Å². The van der Waals surface area contributed by atoms with Crippen molar-refractivity contribution in [2.75, 3.05) is 7.11 Å². The zero-order chi connectivity index (χ0) is 14.8.